The number of carbonyl (C=O) groups excluding carboxylic acids is 1. The Bertz CT molecular complexity index is 321. The average Bonchev–Trinajstić information content (AvgIpc) is 2.50. The maximum atomic E-state index is 11.5. The van der Waals surface area contributed by atoms with Crippen LogP contribution in [0.4, 0.5) is 0 Å². The molecule has 1 rings (SSSR count). The first-order chi connectivity index (χ1) is 11.1. The summed E-state index contributed by atoms with van der Waals surface area (Å²) in [5, 5.41) is 0. The van der Waals surface area contributed by atoms with Crippen molar-refractivity contribution in [3.8, 4) is 0 Å². The Morgan fingerprint density at radius 3 is 1.74 bits per heavy atom. The molecular formula is C15H32N2O5Si. The number of piperazine rings is 1. The summed E-state index contributed by atoms with van der Waals surface area (Å²) in [4.78, 5) is 16.0. The Hall–Kier alpha value is -0.513. The van der Waals surface area contributed by atoms with Crippen LogP contribution in [0.5, 0.6) is 0 Å². The molecular weight excluding hydrogens is 316 g/mol. The SMILES string of the molecule is CCOC(=O)CN1CCN(C[Si](OCC)(OCC)OCC)CC1. The van der Waals surface area contributed by atoms with Gasteiger partial charge in [0, 0.05) is 46.0 Å². The highest BCUT2D eigenvalue weighted by Gasteiger charge is 2.43. The summed E-state index contributed by atoms with van der Waals surface area (Å²) in [5.74, 6) is -0.150. The van der Waals surface area contributed by atoms with Crippen molar-refractivity contribution in [1.82, 2.24) is 9.80 Å². The quantitative estimate of drug-likeness (QED) is 0.403. The first kappa shape index (κ1) is 20.5. The van der Waals surface area contributed by atoms with E-state index in [0.717, 1.165) is 26.2 Å². The summed E-state index contributed by atoms with van der Waals surface area (Å²) < 4.78 is 22.7. The first-order valence-electron chi connectivity index (χ1n) is 8.61. The molecule has 0 aromatic heterocycles. The molecule has 0 aromatic rings. The Morgan fingerprint density at radius 2 is 1.30 bits per heavy atom. The van der Waals surface area contributed by atoms with E-state index >= 15 is 0 Å². The minimum absolute atomic E-state index is 0.150. The standard InChI is InChI=1S/C15H32N2O5Si/c1-5-19-15(18)13-16-9-11-17(12-10-16)14-23(20-6-2,21-7-3)22-8-4/h5-14H2,1-4H3. The van der Waals surface area contributed by atoms with Gasteiger partial charge in [0.05, 0.1) is 19.3 Å². The smallest absolute Gasteiger partial charge is 0.465 e. The molecule has 1 aliphatic heterocycles. The monoisotopic (exact) mass is 348 g/mol. The lowest BCUT2D eigenvalue weighted by Gasteiger charge is -2.38. The lowest BCUT2D eigenvalue weighted by atomic mass is 10.3. The minimum Gasteiger partial charge on any atom is -0.465 e. The van der Waals surface area contributed by atoms with Gasteiger partial charge in [-0.3, -0.25) is 14.6 Å². The van der Waals surface area contributed by atoms with Crippen LogP contribution >= 0.6 is 0 Å². The van der Waals surface area contributed by atoms with Crippen molar-refractivity contribution in [2.45, 2.75) is 27.7 Å². The Morgan fingerprint density at radius 1 is 0.826 bits per heavy atom. The van der Waals surface area contributed by atoms with E-state index in [1.54, 1.807) is 0 Å². The van der Waals surface area contributed by atoms with Gasteiger partial charge < -0.3 is 18.0 Å². The molecule has 0 aliphatic carbocycles. The van der Waals surface area contributed by atoms with Crippen molar-refractivity contribution in [2.24, 2.45) is 0 Å². The van der Waals surface area contributed by atoms with Gasteiger partial charge in [-0.05, 0) is 27.7 Å². The van der Waals surface area contributed by atoms with E-state index in [1.807, 2.05) is 27.7 Å². The summed E-state index contributed by atoms with van der Waals surface area (Å²) in [5.41, 5.74) is 0. The van der Waals surface area contributed by atoms with Crippen molar-refractivity contribution in [2.75, 3.05) is 65.3 Å². The second kappa shape index (κ2) is 11.1. The number of hydrogen-bond donors (Lipinski definition) is 0. The van der Waals surface area contributed by atoms with E-state index < -0.39 is 8.80 Å². The molecule has 0 aromatic carbocycles. The third kappa shape index (κ3) is 7.28. The molecule has 23 heavy (non-hydrogen) atoms. The van der Waals surface area contributed by atoms with Gasteiger partial charge in [0.1, 0.15) is 0 Å². The predicted molar refractivity (Wildman–Crippen MR) is 90.1 cm³/mol. The molecule has 0 saturated carbocycles. The van der Waals surface area contributed by atoms with Crippen LogP contribution in [0.25, 0.3) is 0 Å². The molecule has 0 spiro atoms. The molecule has 7 nitrogen and oxygen atoms in total. The third-order valence-electron chi connectivity index (χ3n) is 3.63. The van der Waals surface area contributed by atoms with Crippen LogP contribution in [-0.2, 0) is 22.8 Å². The lowest BCUT2D eigenvalue weighted by Crippen LogP contribution is -2.59. The van der Waals surface area contributed by atoms with Gasteiger partial charge in [0.15, 0.2) is 0 Å². The summed E-state index contributed by atoms with van der Waals surface area (Å²) >= 11 is 0. The molecule has 0 N–H and O–H groups in total. The van der Waals surface area contributed by atoms with Gasteiger partial charge in [-0.2, -0.15) is 0 Å². The van der Waals surface area contributed by atoms with E-state index in [1.165, 1.54) is 0 Å². The molecule has 8 heteroatoms. The van der Waals surface area contributed by atoms with Gasteiger partial charge in [-0.1, -0.05) is 0 Å². The molecule has 1 saturated heterocycles. The van der Waals surface area contributed by atoms with Gasteiger partial charge in [-0.15, -0.1) is 0 Å². The maximum Gasteiger partial charge on any atom is 0.515 e. The van der Waals surface area contributed by atoms with Gasteiger partial charge >= 0.3 is 14.8 Å². The molecule has 0 radical (unpaired) electrons. The topological polar surface area (TPSA) is 60.5 Å². The second-order valence-electron chi connectivity index (χ2n) is 5.34. The number of ether oxygens (including phenoxy) is 1. The highest BCUT2D eigenvalue weighted by Crippen LogP contribution is 2.14. The average molecular weight is 349 g/mol. The van der Waals surface area contributed by atoms with Crippen LogP contribution in [0.2, 0.25) is 0 Å². The third-order valence-corrected chi connectivity index (χ3v) is 6.65. The van der Waals surface area contributed by atoms with Crippen molar-refractivity contribution >= 4 is 14.8 Å². The van der Waals surface area contributed by atoms with Crippen molar-refractivity contribution < 1.29 is 22.8 Å². The second-order valence-corrected chi connectivity index (χ2v) is 7.89. The Labute approximate surface area is 141 Å². The maximum absolute atomic E-state index is 11.5. The van der Waals surface area contributed by atoms with Crippen LogP contribution in [0, 0.1) is 0 Å². The fourth-order valence-electron chi connectivity index (χ4n) is 2.69. The normalized spacial score (nSPS) is 17.4. The van der Waals surface area contributed by atoms with Crippen molar-refractivity contribution in [3.63, 3.8) is 0 Å². The number of hydrogen-bond acceptors (Lipinski definition) is 7. The molecule has 1 aliphatic rings. The van der Waals surface area contributed by atoms with Crippen LogP contribution in [0.3, 0.4) is 0 Å². The van der Waals surface area contributed by atoms with Crippen LogP contribution in [0.15, 0.2) is 0 Å². The number of carbonyl (C=O) groups is 1. The largest absolute Gasteiger partial charge is 0.515 e. The summed E-state index contributed by atoms with van der Waals surface area (Å²) in [6.45, 7) is 13.8. The first-order valence-corrected chi connectivity index (χ1v) is 10.5. The number of rotatable bonds is 11. The molecule has 0 atom stereocenters. The van der Waals surface area contributed by atoms with Crippen LogP contribution in [-0.4, -0.2) is 89.9 Å². The molecule has 136 valence electrons. The zero-order valence-corrected chi connectivity index (χ0v) is 16.0. The molecule has 0 amide bonds. The van der Waals surface area contributed by atoms with Crippen molar-refractivity contribution in [1.29, 1.82) is 0 Å². The molecule has 0 unspecified atom stereocenters. The van der Waals surface area contributed by atoms with Crippen LogP contribution in [0.1, 0.15) is 27.7 Å². The molecule has 0 bridgehead atoms. The zero-order chi connectivity index (χ0) is 17.1. The highest BCUT2D eigenvalue weighted by molar-refractivity contribution is 6.60. The van der Waals surface area contributed by atoms with Crippen LogP contribution < -0.4 is 0 Å². The Kier molecular flexibility index (Phi) is 9.92. The fourth-order valence-corrected chi connectivity index (χ4v) is 5.40. The van der Waals surface area contributed by atoms with Gasteiger partial charge in [0.25, 0.3) is 0 Å². The zero-order valence-electron chi connectivity index (χ0n) is 15.0. The van der Waals surface area contributed by atoms with Gasteiger partial charge in [-0.25, -0.2) is 0 Å². The van der Waals surface area contributed by atoms with Crippen molar-refractivity contribution in [3.05, 3.63) is 0 Å². The van der Waals surface area contributed by atoms with Gasteiger partial charge in [0.2, 0.25) is 0 Å². The summed E-state index contributed by atoms with van der Waals surface area (Å²) in [6.07, 6.45) is 0.704. The molecule has 1 heterocycles. The predicted octanol–water partition coefficient (Wildman–Crippen LogP) is 0.755. The highest BCUT2D eigenvalue weighted by atomic mass is 28.4. The lowest BCUT2D eigenvalue weighted by molar-refractivity contribution is -0.144. The fraction of sp³-hybridized carbons (Fsp3) is 0.933. The minimum atomic E-state index is -2.63. The summed E-state index contributed by atoms with van der Waals surface area (Å²) in [7, 11) is -2.63. The van der Waals surface area contributed by atoms with E-state index in [9.17, 15) is 4.79 Å². The summed E-state index contributed by atoms with van der Waals surface area (Å²) in [6, 6.07) is 0. The van der Waals surface area contributed by atoms with E-state index in [-0.39, 0.29) is 5.97 Å². The van der Waals surface area contributed by atoms with E-state index in [4.69, 9.17) is 18.0 Å². The molecule has 1 fully saturated rings. The number of nitrogens with zero attached hydrogens (tertiary/aromatic N) is 2. The van der Waals surface area contributed by atoms with E-state index in [0.29, 0.717) is 39.1 Å². The number of esters is 1. The van der Waals surface area contributed by atoms with E-state index in [2.05, 4.69) is 9.80 Å². The Balaban J connectivity index is 2.49.